The van der Waals surface area contributed by atoms with Gasteiger partial charge in [-0.2, -0.15) is 0 Å². The summed E-state index contributed by atoms with van der Waals surface area (Å²) in [4.78, 5) is 3.99. The van der Waals surface area contributed by atoms with Crippen LogP contribution in [0.5, 0.6) is 0 Å². The van der Waals surface area contributed by atoms with Crippen LogP contribution in [-0.2, 0) is 5.41 Å². The molecule has 0 aliphatic heterocycles. The van der Waals surface area contributed by atoms with Gasteiger partial charge >= 0.3 is 0 Å². The molecule has 80 valence electrons. The summed E-state index contributed by atoms with van der Waals surface area (Å²) in [7, 11) is 0. The first kappa shape index (κ1) is 10.1. The van der Waals surface area contributed by atoms with Gasteiger partial charge in [0.2, 0.25) is 0 Å². The molecule has 2 aromatic rings. The second-order valence-corrected chi connectivity index (χ2v) is 4.79. The molecular weight excluding hydrogens is 193 g/mol. The number of aryl methyl sites for hydroxylation is 1. The van der Waals surface area contributed by atoms with Gasteiger partial charge in [0.25, 0.3) is 0 Å². The Morgan fingerprint density at radius 3 is 2.53 bits per heavy atom. The second kappa shape index (κ2) is 3.05. The third kappa shape index (κ3) is 1.74. The van der Waals surface area contributed by atoms with Crippen molar-refractivity contribution >= 4 is 11.1 Å². The fourth-order valence-corrected chi connectivity index (χ4v) is 1.53. The Bertz CT molecular complexity index is 508. The van der Waals surface area contributed by atoms with Gasteiger partial charge in [-0.1, -0.05) is 20.8 Å². The normalized spacial score (nSPS) is 12.3. The van der Waals surface area contributed by atoms with E-state index >= 15 is 0 Å². The van der Waals surface area contributed by atoms with Gasteiger partial charge in [0.15, 0.2) is 17.3 Å². The average Bonchev–Trinajstić information content (AvgIpc) is 2.44. The zero-order chi connectivity index (χ0) is 11.2. The summed E-state index contributed by atoms with van der Waals surface area (Å²) in [5, 5.41) is 0. The zero-order valence-electron chi connectivity index (χ0n) is 9.39. The molecule has 0 unspecified atom stereocenters. The molecule has 0 aliphatic rings. The summed E-state index contributed by atoms with van der Waals surface area (Å²) >= 11 is 0. The average molecular weight is 207 g/mol. The van der Waals surface area contributed by atoms with Crippen molar-refractivity contribution in [2.75, 3.05) is 0 Å². The van der Waals surface area contributed by atoms with E-state index < -0.39 is 0 Å². The van der Waals surface area contributed by atoms with Gasteiger partial charge in [-0.25, -0.2) is 9.37 Å². The largest absolute Gasteiger partial charge is 0.441 e. The molecular formula is C12H14FNO. The summed E-state index contributed by atoms with van der Waals surface area (Å²) in [6.07, 6.45) is 0. The minimum Gasteiger partial charge on any atom is -0.441 e. The molecule has 0 aliphatic carbocycles. The Labute approximate surface area is 88.1 Å². The van der Waals surface area contributed by atoms with Crippen LogP contribution in [0.15, 0.2) is 16.5 Å². The molecule has 0 saturated heterocycles. The Kier molecular flexibility index (Phi) is 2.07. The quantitative estimate of drug-likeness (QED) is 0.660. The summed E-state index contributed by atoms with van der Waals surface area (Å²) in [5.41, 5.74) is 1.68. The van der Waals surface area contributed by atoms with Crippen LogP contribution in [0.3, 0.4) is 0 Å². The number of hydrogen-bond acceptors (Lipinski definition) is 2. The molecule has 0 amide bonds. The molecule has 0 N–H and O–H groups in total. The number of rotatable bonds is 0. The highest BCUT2D eigenvalue weighted by molar-refractivity contribution is 5.74. The first-order chi connectivity index (χ1) is 6.88. The maximum Gasteiger partial charge on any atom is 0.192 e. The number of oxazole rings is 1. The van der Waals surface area contributed by atoms with Gasteiger partial charge in [-0.05, 0) is 23.1 Å². The number of fused-ring (bicyclic) bond motifs is 1. The standard InChI is InChI=1S/C12H14FNO/c1-7-14-11-9(13)5-8(12(2,3)4)6-10(11)15-7/h5-6H,1-4H3. The molecule has 0 fully saturated rings. The first-order valence-electron chi connectivity index (χ1n) is 4.95. The van der Waals surface area contributed by atoms with Crippen LogP contribution in [0.1, 0.15) is 32.2 Å². The van der Waals surface area contributed by atoms with Gasteiger partial charge in [-0.3, -0.25) is 0 Å². The highest BCUT2D eigenvalue weighted by Gasteiger charge is 2.18. The smallest absolute Gasteiger partial charge is 0.192 e. The molecule has 15 heavy (non-hydrogen) atoms. The number of benzene rings is 1. The second-order valence-electron chi connectivity index (χ2n) is 4.79. The van der Waals surface area contributed by atoms with Crippen molar-refractivity contribution in [1.82, 2.24) is 4.98 Å². The van der Waals surface area contributed by atoms with E-state index in [2.05, 4.69) is 4.98 Å². The van der Waals surface area contributed by atoms with E-state index in [-0.39, 0.29) is 11.2 Å². The Balaban J connectivity index is 2.72. The predicted molar refractivity (Wildman–Crippen MR) is 57.4 cm³/mol. The SMILES string of the molecule is Cc1nc2c(F)cc(C(C)(C)C)cc2o1. The van der Waals surface area contributed by atoms with Crippen molar-refractivity contribution in [3.8, 4) is 0 Å². The number of halogens is 1. The molecule has 3 heteroatoms. The third-order valence-electron chi connectivity index (χ3n) is 2.42. The van der Waals surface area contributed by atoms with Gasteiger partial charge in [0.05, 0.1) is 0 Å². The fourth-order valence-electron chi connectivity index (χ4n) is 1.53. The molecule has 2 rings (SSSR count). The topological polar surface area (TPSA) is 26.0 Å². The summed E-state index contributed by atoms with van der Waals surface area (Å²) in [6.45, 7) is 7.83. The van der Waals surface area contributed by atoms with E-state index in [4.69, 9.17) is 4.42 Å². The molecule has 0 radical (unpaired) electrons. The highest BCUT2D eigenvalue weighted by atomic mass is 19.1. The van der Waals surface area contributed by atoms with Crippen molar-refractivity contribution < 1.29 is 8.81 Å². The lowest BCUT2D eigenvalue weighted by atomic mass is 9.87. The van der Waals surface area contributed by atoms with Gasteiger partial charge in [0.1, 0.15) is 5.52 Å². The summed E-state index contributed by atoms with van der Waals surface area (Å²) in [6, 6.07) is 3.39. The highest BCUT2D eigenvalue weighted by Crippen LogP contribution is 2.28. The van der Waals surface area contributed by atoms with E-state index in [1.165, 1.54) is 6.07 Å². The number of aromatic nitrogens is 1. The lowest BCUT2D eigenvalue weighted by Gasteiger charge is -2.18. The van der Waals surface area contributed by atoms with Crippen LogP contribution in [0.4, 0.5) is 4.39 Å². The lowest BCUT2D eigenvalue weighted by molar-refractivity contribution is 0.552. The molecule has 0 atom stereocenters. The third-order valence-corrected chi connectivity index (χ3v) is 2.42. The Morgan fingerprint density at radius 2 is 1.93 bits per heavy atom. The van der Waals surface area contributed by atoms with Gasteiger partial charge < -0.3 is 4.42 Å². The zero-order valence-corrected chi connectivity index (χ0v) is 9.39. The van der Waals surface area contributed by atoms with Crippen molar-refractivity contribution in [2.24, 2.45) is 0 Å². The monoisotopic (exact) mass is 207 g/mol. The fraction of sp³-hybridized carbons (Fsp3) is 0.417. The van der Waals surface area contributed by atoms with E-state index in [1.54, 1.807) is 6.92 Å². The minimum absolute atomic E-state index is 0.0876. The summed E-state index contributed by atoms with van der Waals surface area (Å²) < 4.78 is 19.0. The Morgan fingerprint density at radius 1 is 1.27 bits per heavy atom. The maximum atomic E-state index is 13.7. The van der Waals surface area contributed by atoms with Crippen LogP contribution in [0.2, 0.25) is 0 Å². The van der Waals surface area contributed by atoms with Crippen LogP contribution in [0, 0.1) is 12.7 Å². The van der Waals surface area contributed by atoms with Crippen LogP contribution < -0.4 is 0 Å². The number of nitrogens with zero attached hydrogens (tertiary/aromatic N) is 1. The predicted octanol–water partition coefficient (Wildman–Crippen LogP) is 3.57. The van der Waals surface area contributed by atoms with Crippen molar-refractivity contribution in [2.45, 2.75) is 33.1 Å². The summed E-state index contributed by atoms with van der Waals surface area (Å²) in [5.74, 6) is 0.184. The maximum absolute atomic E-state index is 13.7. The van der Waals surface area contributed by atoms with E-state index in [9.17, 15) is 4.39 Å². The van der Waals surface area contributed by atoms with Crippen LogP contribution in [-0.4, -0.2) is 4.98 Å². The first-order valence-corrected chi connectivity index (χ1v) is 4.95. The molecule has 1 aromatic carbocycles. The van der Waals surface area contributed by atoms with Crippen LogP contribution >= 0.6 is 0 Å². The van der Waals surface area contributed by atoms with Crippen LogP contribution in [0.25, 0.3) is 11.1 Å². The molecule has 2 nitrogen and oxygen atoms in total. The Hall–Kier alpha value is -1.38. The van der Waals surface area contributed by atoms with Crippen molar-refractivity contribution in [3.63, 3.8) is 0 Å². The minimum atomic E-state index is -0.311. The molecule has 0 bridgehead atoms. The van der Waals surface area contributed by atoms with E-state index in [0.717, 1.165) is 5.56 Å². The molecule has 1 aromatic heterocycles. The van der Waals surface area contributed by atoms with E-state index in [0.29, 0.717) is 17.0 Å². The molecule has 0 spiro atoms. The van der Waals surface area contributed by atoms with Crippen molar-refractivity contribution in [1.29, 1.82) is 0 Å². The number of hydrogen-bond donors (Lipinski definition) is 0. The molecule has 0 saturated carbocycles. The van der Waals surface area contributed by atoms with E-state index in [1.807, 2.05) is 26.8 Å². The van der Waals surface area contributed by atoms with Gasteiger partial charge in [0, 0.05) is 6.92 Å². The van der Waals surface area contributed by atoms with Crippen molar-refractivity contribution in [3.05, 3.63) is 29.4 Å². The molecule has 1 heterocycles. The van der Waals surface area contributed by atoms with Gasteiger partial charge in [-0.15, -0.1) is 0 Å². The lowest BCUT2D eigenvalue weighted by Crippen LogP contribution is -2.11.